The lowest BCUT2D eigenvalue weighted by atomic mass is 9.88. The summed E-state index contributed by atoms with van der Waals surface area (Å²) in [6.45, 7) is 1.62. The topological polar surface area (TPSA) is 80.5 Å². The normalized spacial score (nSPS) is 18.8. The number of amides is 2. The number of ether oxygens (including phenoxy) is 1. The van der Waals surface area contributed by atoms with E-state index in [1.54, 1.807) is 7.11 Å². The van der Waals surface area contributed by atoms with E-state index in [1.807, 2.05) is 47.4 Å². The third kappa shape index (κ3) is 3.83. The van der Waals surface area contributed by atoms with Crippen LogP contribution in [0.3, 0.4) is 0 Å². The molecule has 1 fully saturated rings. The van der Waals surface area contributed by atoms with Crippen molar-refractivity contribution in [1.29, 1.82) is 0 Å². The van der Waals surface area contributed by atoms with Crippen LogP contribution in [0.1, 0.15) is 28.8 Å². The first-order chi connectivity index (χ1) is 13.7. The Morgan fingerprint density at radius 2 is 1.89 bits per heavy atom. The van der Waals surface area contributed by atoms with Crippen LogP contribution >= 0.6 is 0 Å². The van der Waals surface area contributed by atoms with Gasteiger partial charge in [-0.3, -0.25) is 0 Å². The van der Waals surface area contributed by atoms with E-state index in [1.165, 1.54) is 12.0 Å². The summed E-state index contributed by atoms with van der Waals surface area (Å²) in [5, 5.41) is 7.02. The van der Waals surface area contributed by atoms with Crippen LogP contribution in [0.25, 0.3) is 0 Å². The first-order valence-electron chi connectivity index (χ1n) is 9.21. The van der Waals surface area contributed by atoms with Gasteiger partial charge in [0.2, 0.25) is 6.39 Å². The van der Waals surface area contributed by atoms with Gasteiger partial charge in [0.25, 0.3) is 0 Å². The Bertz CT molecular complexity index is 897. The molecular formula is C21H22N4O3. The van der Waals surface area contributed by atoms with Crippen molar-refractivity contribution in [2.24, 2.45) is 0 Å². The summed E-state index contributed by atoms with van der Waals surface area (Å²) in [6.07, 6.45) is 1.34. The highest BCUT2D eigenvalue weighted by Gasteiger charge is 2.39. The van der Waals surface area contributed by atoms with Crippen molar-refractivity contribution in [2.75, 3.05) is 20.2 Å². The van der Waals surface area contributed by atoms with Crippen LogP contribution in [0, 0.1) is 0 Å². The van der Waals surface area contributed by atoms with Crippen LogP contribution < -0.4 is 10.1 Å². The Hall–Kier alpha value is -3.35. The van der Waals surface area contributed by atoms with Crippen LogP contribution in [-0.4, -0.2) is 41.3 Å². The fraction of sp³-hybridized carbons (Fsp3) is 0.286. The van der Waals surface area contributed by atoms with E-state index in [0.717, 1.165) is 11.3 Å². The van der Waals surface area contributed by atoms with Gasteiger partial charge in [0.1, 0.15) is 5.75 Å². The van der Waals surface area contributed by atoms with E-state index < -0.39 is 0 Å². The molecule has 7 nitrogen and oxygen atoms in total. The number of likely N-dealkylation sites (tertiary alicyclic amines) is 1. The Balaban J connectivity index is 1.44. The van der Waals surface area contributed by atoms with E-state index in [9.17, 15) is 4.79 Å². The molecule has 1 aromatic heterocycles. The van der Waals surface area contributed by atoms with E-state index in [2.05, 4.69) is 27.6 Å². The number of carbonyl (C=O) groups excluding carboxylic acids is 1. The number of hydrogen-bond acceptors (Lipinski definition) is 5. The zero-order valence-electron chi connectivity index (χ0n) is 15.6. The van der Waals surface area contributed by atoms with Gasteiger partial charge in [-0.2, -0.15) is 4.98 Å². The minimum absolute atomic E-state index is 0.00730. The van der Waals surface area contributed by atoms with Crippen molar-refractivity contribution in [2.45, 2.75) is 18.4 Å². The molecule has 3 aromatic rings. The summed E-state index contributed by atoms with van der Waals surface area (Å²) < 4.78 is 10.1. The van der Waals surface area contributed by atoms with Crippen LogP contribution in [0.5, 0.6) is 5.75 Å². The summed E-state index contributed by atoms with van der Waals surface area (Å²) >= 11 is 0. The zero-order chi connectivity index (χ0) is 19.3. The van der Waals surface area contributed by atoms with Gasteiger partial charge in [-0.25, -0.2) is 4.79 Å². The summed E-state index contributed by atoms with van der Waals surface area (Å²) in [6, 6.07) is 17.7. The molecule has 0 saturated carbocycles. The molecule has 0 aliphatic carbocycles. The Labute approximate surface area is 163 Å². The van der Waals surface area contributed by atoms with Crippen molar-refractivity contribution in [1.82, 2.24) is 20.4 Å². The average molecular weight is 378 g/mol. The Morgan fingerprint density at radius 3 is 2.57 bits per heavy atom. The maximum Gasteiger partial charge on any atom is 0.317 e. The summed E-state index contributed by atoms with van der Waals surface area (Å²) in [4.78, 5) is 18.8. The Morgan fingerprint density at radius 1 is 1.14 bits per heavy atom. The highest BCUT2D eigenvalue weighted by Crippen LogP contribution is 2.38. The van der Waals surface area contributed by atoms with Crippen LogP contribution in [0.2, 0.25) is 0 Å². The standard InChI is InChI=1S/C21H22N4O3/c1-27-17-9-7-15(8-10-17)11-22-21(26)25-12-18(16-5-3-2-4-6-16)19(13-25)20-23-14-28-24-20/h2-10,14,18-19H,11-13H2,1H3,(H,22,26). The largest absolute Gasteiger partial charge is 0.497 e. The number of urea groups is 1. The molecule has 2 unspecified atom stereocenters. The molecule has 1 saturated heterocycles. The van der Waals surface area contributed by atoms with Crippen LogP contribution in [0.15, 0.2) is 65.5 Å². The molecular weight excluding hydrogens is 356 g/mol. The van der Waals surface area contributed by atoms with Gasteiger partial charge < -0.3 is 19.5 Å². The molecule has 1 aliphatic heterocycles. The van der Waals surface area contributed by atoms with Gasteiger partial charge in [0, 0.05) is 31.5 Å². The van der Waals surface area contributed by atoms with E-state index >= 15 is 0 Å². The molecule has 0 bridgehead atoms. The lowest BCUT2D eigenvalue weighted by Gasteiger charge is -2.17. The second kappa shape index (κ2) is 8.12. The minimum atomic E-state index is -0.0947. The third-order valence-electron chi connectivity index (χ3n) is 5.15. The van der Waals surface area contributed by atoms with Crippen molar-refractivity contribution in [3.8, 4) is 5.75 Å². The summed E-state index contributed by atoms with van der Waals surface area (Å²) in [5.74, 6) is 1.57. The van der Waals surface area contributed by atoms with Crippen molar-refractivity contribution in [3.63, 3.8) is 0 Å². The smallest absolute Gasteiger partial charge is 0.317 e. The SMILES string of the molecule is COc1ccc(CNC(=O)N2CC(c3ccccc3)C(c3ncon3)C2)cc1. The predicted molar refractivity (Wildman–Crippen MR) is 103 cm³/mol. The number of benzene rings is 2. The summed E-state index contributed by atoms with van der Waals surface area (Å²) in [5.41, 5.74) is 2.19. The van der Waals surface area contributed by atoms with Gasteiger partial charge >= 0.3 is 6.03 Å². The van der Waals surface area contributed by atoms with Crippen molar-refractivity contribution < 1.29 is 14.1 Å². The summed E-state index contributed by atoms with van der Waals surface area (Å²) in [7, 11) is 1.63. The lowest BCUT2D eigenvalue weighted by molar-refractivity contribution is 0.207. The maximum absolute atomic E-state index is 12.8. The maximum atomic E-state index is 12.8. The fourth-order valence-corrected chi connectivity index (χ4v) is 3.64. The van der Waals surface area contributed by atoms with Gasteiger partial charge in [-0.05, 0) is 23.3 Å². The molecule has 7 heteroatoms. The molecule has 2 atom stereocenters. The fourth-order valence-electron chi connectivity index (χ4n) is 3.64. The highest BCUT2D eigenvalue weighted by molar-refractivity contribution is 5.75. The van der Waals surface area contributed by atoms with E-state index in [-0.39, 0.29) is 17.9 Å². The number of nitrogens with zero attached hydrogens (tertiary/aromatic N) is 3. The van der Waals surface area contributed by atoms with Crippen molar-refractivity contribution >= 4 is 6.03 Å². The highest BCUT2D eigenvalue weighted by atomic mass is 16.5. The second-order valence-corrected chi connectivity index (χ2v) is 6.82. The Kier molecular flexibility index (Phi) is 5.23. The molecule has 144 valence electrons. The average Bonchev–Trinajstić information content (AvgIpc) is 3.43. The molecule has 1 aliphatic rings. The first kappa shape index (κ1) is 18.0. The van der Waals surface area contributed by atoms with Crippen molar-refractivity contribution in [3.05, 3.63) is 77.9 Å². The first-order valence-corrected chi connectivity index (χ1v) is 9.21. The van der Waals surface area contributed by atoms with E-state index in [4.69, 9.17) is 9.26 Å². The second-order valence-electron chi connectivity index (χ2n) is 6.82. The number of hydrogen-bond donors (Lipinski definition) is 1. The van der Waals surface area contributed by atoms with Gasteiger partial charge in [-0.15, -0.1) is 0 Å². The quantitative estimate of drug-likeness (QED) is 0.738. The number of rotatable bonds is 5. The number of methoxy groups -OCH3 is 1. The molecule has 2 heterocycles. The number of carbonyl (C=O) groups is 1. The molecule has 28 heavy (non-hydrogen) atoms. The predicted octanol–water partition coefficient (Wildman–Crippen LogP) is 3.17. The molecule has 0 radical (unpaired) electrons. The molecule has 4 rings (SSSR count). The molecule has 2 amide bonds. The molecule has 0 spiro atoms. The number of aromatic nitrogens is 2. The van der Waals surface area contributed by atoms with E-state index in [0.29, 0.717) is 25.5 Å². The zero-order valence-corrected chi connectivity index (χ0v) is 15.6. The third-order valence-corrected chi connectivity index (χ3v) is 5.15. The molecule has 2 aromatic carbocycles. The van der Waals surface area contributed by atoms with Gasteiger partial charge in [0.05, 0.1) is 7.11 Å². The lowest BCUT2D eigenvalue weighted by Crippen LogP contribution is -2.38. The minimum Gasteiger partial charge on any atom is -0.497 e. The molecule has 1 N–H and O–H groups in total. The van der Waals surface area contributed by atoms with Gasteiger partial charge in [-0.1, -0.05) is 47.6 Å². The monoisotopic (exact) mass is 378 g/mol. The van der Waals surface area contributed by atoms with Crippen LogP contribution in [-0.2, 0) is 6.54 Å². The van der Waals surface area contributed by atoms with Gasteiger partial charge in [0.15, 0.2) is 5.82 Å². The number of nitrogens with one attached hydrogen (secondary N) is 1. The van der Waals surface area contributed by atoms with Crippen LogP contribution in [0.4, 0.5) is 4.79 Å².